The number of nitrogens with one attached hydrogen (secondary N) is 8. The Labute approximate surface area is 411 Å². The van der Waals surface area contributed by atoms with Gasteiger partial charge in [0.2, 0.25) is 41.4 Å². The zero-order valence-electron chi connectivity index (χ0n) is 41.4. The molecular formula is C42H74N14O15. The van der Waals surface area contributed by atoms with Gasteiger partial charge in [0.05, 0.1) is 36.6 Å². The van der Waals surface area contributed by atoms with Gasteiger partial charge in [0.25, 0.3) is 11.8 Å². The number of allylic oxidation sites excluding steroid dienone is 1. The Kier molecular flexibility index (Phi) is 29.7. The van der Waals surface area contributed by atoms with Crippen molar-refractivity contribution in [2.24, 2.45) is 34.0 Å². The van der Waals surface area contributed by atoms with E-state index in [1.807, 2.05) is 0 Å². The van der Waals surface area contributed by atoms with Crippen LogP contribution in [0.3, 0.4) is 0 Å². The molecule has 0 radical (unpaired) electrons. The van der Waals surface area contributed by atoms with Crippen LogP contribution < -0.4 is 59.7 Å². The fourth-order valence-corrected chi connectivity index (χ4v) is 6.21. The monoisotopic (exact) mass is 1010 g/mol. The molecule has 1 aliphatic heterocycles. The van der Waals surface area contributed by atoms with E-state index < -0.39 is 114 Å². The number of nitrogens with zero attached hydrogens (tertiary/aromatic N) is 3. The number of carbonyl (C=O) groups is 11. The van der Waals surface area contributed by atoms with Crippen molar-refractivity contribution in [2.45, 2.75) is 135 Å². The summed E-state index contributed by atoms with van der Waals surface area (Å²) in [4.78, 5) is 140. The van der Waals surface area contributed by atoms with E-state index in [1.165, 1.54) is 40.7 Å². The van der Waals surface area contributed by atoms with E-state index in [0.717, 1.165) is 31.8 Å². The van der Waals surface area contributed by atoms with Crippen molar-refractivity contribution in [2.75, 3.05) is 33.2 Å². The molecule has 0 aromatic rings. The van der Waals surface area contributed by atoms with Crippen molar-refractivity contribution < 1.29 is 73.4 Å². The highest BCUT2D eigenvalue weighted by atomic mass is 16.5. The lowest BCUT2D eigenvalue weighted by molar-refractivity contribution is -0.172. The molecule has 71 heavy (non-hydrogen) atoms. The lowest BCUT2D eigenvalue weighted by Gasteiger charge is -2.27. The van der Waals surface area contributed by atoms with Crippen LogP contribution in [0.2, 0.25) is 0 Å². The first-order valence-corrected chi connectivity index (χ1v) is 22.7. The number of likely N-dealkylation sites (N-methyl/N-ethyl adjacent to an activating group) is 1. The van der Waals surface area contributed by atoms with E-state index in [1.54, 1.807) is 7.05 Å². The lowest BCUT2D eigenvalue weighted by atomic mass is 9.96. The van der Waals surface area contributed by atoms with E-state index in [9.17, 15) is 68.2 Å². The first-order valence-electron chi connectivity index (χ1n) is 22.7. The van der Waals surface area contributed by atoms with Crippen LogP contribution >= 0.6 is 0 Å². The summed E-state index contributed by atoms with van der Waals surface area (Å²) >= 11 is 0. The average Bonchev–Trinajstić information content (AvgIpc) is 3.31. The number of aliphatic hydroxyl groups is 1. The van der Waals surface area contributed by atoms with E-state index in [4.69, 9.17) is 22.4 Å². The van der Waals surface area contributed by atoms with E-state index in [2.05, 4.69) is 47.5 Å². The molecule has 0 aromatic carbocycles. The number of carbonyl (C=O) groups excluding carboxylic acids is 10. The third-order valence-electron chi connectivity index (χ3n) is 10.7. The molecule has 10 atom stereocenters. The maximum atomic E-state index is 13.3. The van der Waals surface area contributed by atoms with Crippen LogP contribution in [0, 0.1) is 11.8 Å². The van der Waals surface area contributed by atoms with Crippen molar-refractivity contribution in [3.63, 3.8) is 0 Å². The quantitative estimate of drug-likeness (QED) is 0.00661. The highest BCUT2D eigenvalue weighted by molar-refractivity contribution is 6.01. The second-order valence-electron chi connectivity index (χ2n) is 16.6. The minimum atomic E-state index is -1.68. The number of piperidine rings is 1. The van der Waals surface area contributed by atoms with Gasteiger partial charge in [-0.3, -0.25) is 63.4 Å². The summed E-state index contributed by atoms with van der Waals surface area (Å²) < 4.78 is 0. The summed E-state index contributed by atoms with van der Waals surface area (Å²) in [5.41, 5.74) is 15.8. The first kappa shape index (κ1) is 64.2. The molecule has 1 saturated heterocycles. The van der Waals surface area contributed by atoms with Gasteiger partial charge in [0.15, 0.2) is 5.96 Å². The van der Waals surface area contributed by atoms with Crippen molar-refractivity contribution in [1.82, 2.24) is 52.7 Å². The van der Waals surface area contributed by atoms with Gasteiger partial charge < -0.3 is 74.7 Å². The van der Waals surface area contributed by atoms with E-state index in [-0.39, 0.29) is 56.0 Å². The fraction of sp³-hybridized carbons (Fsp3) is 0.667. The third-order valence-corrected chi connectivity index (χ3v) is 10.7. The predicted molar refractivity (Wildman–Crippen MR) is 251 cm³/mol. The van der Waals surface area contributed by atoms with Crippen LogP contribution in [0.25, 0.3) is 0 Å². The minimum absolute atomic E-state index is 0.0194. The molecule has 1 fully saturated rings. The van der Waals surface area contributed by atoms with Crippen molar-refractivity contribution in [3.8, 4) is 0 Å². The van der Waals surface area contributed by atoms with Crippen LogP contribution in [-0.4, -0.2) is 184 Å². The number of hydroxylamine groups is 4. The number of aliphatic imine (C=N–C) groups is 1. The number of guanidine groups is 1. The van der Waals surface area contributed by atoms with Crippen LogP contribution in [0.1, 0.15) is 87.0 Å². The van der Waals surface area contributed by atoms with Crippen molar-refractivity contribution in [1.29, 1.82) is 0 Å². The maximum absolute atomic E-state index is 13.3. The molecule has 0 saturated carbocycles. The largest absolute Gasteiger partial charge is 0.481 e. The van der Waals surface area contributed by atoms with Gasteiger partial charge in [-0.2, -0.15) is 0 Å². The Balaban J connectivity index is 0.00000431. The molecule has 0 aliphatic carbocycles. The second-order valence-corrected chi connectivity index (χ2v) is 16.6. The van der Waals surface area contributed by atoms with Crippen LogP contribution in [-0.2, 0) is 52.7 Å². The van der Waals surface area contributed by atoms with Gasteiger partial charge in [0.1, 0.15) is 36.2 Å². The highest BCUT2D eigenvalue weighted by Crippen LogP contribution is 2.11. The summed E-state index contributed by atoms with van der Waals surface area (Å²) in [6, 6.07) is -7.60. The molecule has 1 rings (SSSR count). The third kappa shape index (κ3) is 24.0. The molecule has 1 heterocycles. The molecular weight excluding hydrogens is 941 g/mol. The van der Waals surface area contributed by atoms with Crippen molar-refractivity contribution >= 4 is 71.4 Å². The van der Waals surface area contributed by atoms with E-state index in [0.29, 0.717) is 24.3 Å². The van der Waals surface area contributed by atoms with Gasteiger partial charge >= 0.3 is 5.97 Å². The van der Waals surface area contributed by atoms with Gasteiger partial charge in [-0.1, -0.05) is 13.0 Å². The standard InChI is InChI=1S/C36H62N12O13.C6H12N2O2/c1-8-24(45-26(51)15-41-30(54)20(5)43-34(58)27(17(2)35(59)60)47-29(53)18(3)28(52)19(4)37)32(56)46-25(12-10-14-48(61)22(7)50)33(57)42-21(6)31(55)44-23(16-49)11-9-13-40-36(38)39;1-7-5-3-2-4-8(10)6(5)9/h8,16-21,23,25,27-28,52,61H,9-15,37H2,1-7H3,(H,41,54)(H,42,57)(H,43,58)(H,44,55)(H,45,51)(H,46,56)(H,47,53)(H,59,60)(H4,38,39,40);5,7,10H,2-4H2,1H3/b24-8+;. The molecule has 402 valence electrons. The molecule has 0 bridgehead atoms. The second kappa shape index (κ2) is 32.9. The fourth-order valence-electron chi connectivity index (χ4n) is 6.21. The van der Waals surface area contributed by atoms with Gasteiger partial charge in [-0.15, -0.1) is 0 Å². The normalized spacial score (nSPS) is 17.2. The Morgan fingerprint density at radius 2 is 1.46 bits per heavy atom. The number of aldehydes is 1. The van der Waals surface area contributed by atoms with Gasteiger partial charge in [0, 0.05) is 32.6 Å². The van der Waals surface area contributed by atoms with Crippen molar-refractivity contribution in [3.05, 3.63) is 11.8 Å². The number of carboxylic acid groups (broad SMARTS) is 1. The summed E-state index contributed by atoms with van der Waals surface area (Å²) in [6.07, 6.45) is 2.40. The predicted octanol–water partition coefficient (Wildman–Crippen LogP) is -5.49. The topological polar surface area (TPSA) is 462 Å². The van der Waals surface area contributed by atoms with Crippen LogP contribution in [0.5, 0.6) is 0 Å². The molecule has 18 N–H and O–H groups in total. The molecule has 1 aliphatic rings. The van der Waals surface area contributed by atoms with Gasteiger partial charge in [-0.25, -0.2) is 10.1 Å². The zero-order chi connectivity index (χ0) is 54.7. The number of rotatable bonds is 28. The molecule has 0 spiro atoms. The lowest BCUT2D eigenvalue weighted by Crippen LogP contribution is -2.58. The summed E-state index contributed by atoms with van der Waals surface area (Å²) in [5, 5.41) is 58.7. The van der Waals surface area contributed by atoms with Crippen LogP contribution in [0.4, 0.5) is 0 Å². The molecule has 9 amide bonds. The summed E-state index contributed by atoms with van der Waals surface area (Å²) in [7, 11) is 1.72. The number of aliphatic hydroxyl groups excluding tert-OH is 1. The Morgan fingerprint density at radius 3 is 1.99 bits per heavy atom. The highest BCUT2D eigenvalue weighted by Gasteiger charge is 2.36. The first-order chi connectivity index (χ1) is 33.1. The van der Waals surface area contributed by atoms with Crippen LogP contribution in [0.15, 0.2) is 16.8 Å². The van der Waals surface area contributed by atoms with Gasteiger partial charge in [-0.05, 0) is 80.2 Å². The molecule has 0 aromatic heterocycles. The summed E-state index contributed by atoms with van der Waals surface area (Å²) in [6.45, 7) is 8.61. The maximum Gasteiger partial charge on any atom is 0.308 e. The Morgan fingerprint density at radius 1 is 0.859 bits per heavy atom. The number of aliphatic carboxylic acids is 1. The molecule has 29 nitrogen and oxygen atoms in total. The Bertz CT molecular complexity index is 1910. The molecule has 29 heteroatoms. The number of carboxylic acids is 1. The SMILES string of the molecule is C/C=C(/NC(=O)CNC(=O)C(C)NC(=O)C(NC(=O)C(C)C(O)C(C)N)C(C)C(=O)O)C(=O)NC(CCCN(O)C(C)=O)C(=O)NC(C)C(=O)NC(C=O)CCCN=C(N)N.CNC1CCCN(O)C1=O. The number of nitrogens with two attached hydrogens (primary N) is 3. The average molecular weight is 1020 g/mol. The number of hydrogen-bond acceptors (Lipinski definition) is 17. The smallest absolute Gasteiger partial charge is 0.308 e. The molecule has 10 unspecified atom stereocenters. The summed E-state index contributed by atoms with van der Waals surface area (Å²) in [5.74, 6) is -11.5. The number of hydrogen-bond donors (Lipinski definition) is 15. The van der Waals surface area contributed by atoms with E-state index >= 15 is 0 Å². The minimum Gasteiger partial charge on any atom is -0.481 e. The number of amides is 9. The zero-order valence-corrected chi connectivity index (χ0v) is 41.4. The Hall–Kier alpha value is -6.82.